The smallest absolute Gasteiger partial charge is 0.224 e. The molecule has 5 heteroatoms. The first-order valence-electron chi connectivity index (χ1n) is 6.26. The van der Waals surface area contributed by atoms with Crippen LogP contribution in [0.15, 0.2) is 0 Å². The lowest BCUT2D eigenvalue weighted by Crippen LogP contribution is -2.37. The summed E-state index contributed by atoms with van der Waals surface area (Å²) < 4.78 is 0. The van der Waals surface area contributed by atoms with Crippen molar-refractivity contribution in [3.8, 4) is 0 Å². The van der Waals surface area contributed by atoms with E-state index in [1.165, 1.54) is 0 Å². The van der Waals surface area contributed by atoms with E-state index in [4.69, 9.17) is 0 Å². The number of nitrogens with zero attached hydrogens (tertiary/aromatic N) is 1. The second kappa shape index (κ2) is 8.98. The Balaban J connectivity index is 3.83. The highest BCUT2D eigenvalue weighted by molar-refractivity contribution is 5.80. The highest BCUT2D eigenvalue weighted by atomic mass is 16.2. The molecule has 0 bridgehead atoms. The van der Waals surface area contributed by atoms with Crippen LogP contribution in [0.4, 0.5) is 0 Å². The Labute approximate surface area is 104 Å². The maximum atomic E-state index is 11.6. The van der Waals surface area contributed by atoms with Crippen LogP contribution in [0.25, 0.3) is 0 Å². The number of hydrogen-bond donors (Lipinski definition) is 2. The zero-order valence-electron chi connectivity index (χ0n) is 11.4. The molecule has 0 rings (SSSR count). The minimum Gasteiger partial charge on any atom is -0.355 e. The molecule has 0 aliphatic carbocycles. The van der Waals surface area contributed by atoms with E-state index in [1.807, 2.05) is 27.8 Å². The topological polar surface area (TPSA) is 61.4 Å². The molecule has 0 saturated carbocycles. The number of carbonyl (C=O) groups excluding carboxylic acids is 2. The third-order valence-electron chi connectivity index (χ3n) is 2.71. The van der Waals surface area contributed by atoms with Gasteiger partial charge >= 0.3 is 0 Å². The van der Waals surface area contributed by atoms with Crippen molar-refractivity contribution in [2.24, 2.45) is 5.92 Å². The van der Waals surface area contributed by atoms with Crippen molar-refractivity contribution in [2.45, 2.75) is 27.2 Å². The molecule has 0 aromatic carbocycles. The van der Waals surface area contributed by atoms with E-state index in [9.17, 15) is 9.59 Å². The van der Waals surface area contributed by atoms with Gasteiger partial charge in [0.2, 0.25) is 11.8 Å². The molecule has 0 radical (unpaired) electrons. The molecule has 0 fully saturated rings. The average Bonchev–Trinajstić information content (AvgIpc) is 2.30. The Hall–Kier alpha value is -1.10. The standard InChI is InChI=1S/C12H25N3O2/c1-5-15(6-2)11(16)7-8-14-12(17)10(3)9-13-4/h10,13H,5-9H2,1-4H3,(H,14,17). The highest BCUT2D eigenvalue weighted by Gasteiger charge is 2.13. The van der Waals surface area contributed by atoms with Crippen LogP contribution in [0.5, 0.6) is 0 Å². The summed E-state index contributed by atoms with van der Waals surface area (Å²) >= 11 is 0. The SMILES string of the molecule is CCN(CC)C(=O)CCNC(=O)C(C)CNC. The molecule has 0 saturated heterocycles. The summed E-state index contributed by atoms with van der Waals surface area (Å²) in [5.74, 6) is 0.0202. The lowest BCUT2D eigenvalue weighted by atomic mass is 10.1. The van der Waals surface area contributed by atoms with Crippen molar-refractivity contribution >= 4 is 11.8 Å². The molecular formula is C12H25N3O2. The fraction of sp³-hybridized carbons (Fsp3) is 0.833. The minimum absolute atomic E-state index is 0.00769. The summed E-state index contributed by atoms with van der Waals surface area (Å²) in [5.41, 5.74) is 0. The summed E-state index contributed by atoms with van der Waals surface area (Å²) in [5, 5.41) is 5.72. The van der Waals surface area contributed by atoms with E-state index in [1.54, 1.807) is 4.90 Å². The molecule has 0 spiro atoms. The molecule has 0 aromatic rings. The fourth-order valence-corrected chi connectivity index (χ4v) is 1.60. The van der Waals surface area contributed by atoms with E-state index < -0.39 is 0 Å². The van der Waals surface area contributed by atoms with E-state index >= 15 is 0 Å². The van der Waals surface area contributed by atoms with Crippen LogP contribution in [-0.4, -0.2) is 49.9 Å². The van der Waals surface area contributed by atoms with Crippen LogP contribution in [0.3, 0.4) is 0 Å². The molecule has 2 amide bonds. The van der Waals surface area contributed by atoms with Crippen LogP contribution in [0.1, 0.15) is 27.2 Å². The fourth-order valence-electron chi connectivity index (χ4n) is 1.60. The van der Waals surface area contributed by atoms with Crippen molar-refractivity contribution in [3.05, 3.63) is 0 Å². The van der Waals surface area contributed by atoms with Crippen molar-refractivity contribution in [3.63, 3.8) is 0 Å². The zero-order chi connectivity index (χ0) is 13.3. The number of carbonyl (C=O) groups is 2. The second-order valence-corrected chi connectivity index (χ2v) is 4.07. The summed E-state index contributed by atoms with van der Waals surface area (Å²) in [7, 11) is 1.81. The first-order valence-corrected chi connectivity index (χ1v) is 6.26. The van der Waals surface area contributed by atoms with Gasteiger partial charge in [0.25, 0.3) is 0 Å². The summed E-state index contributed by atoms with van der Waals surface area (Å²) in [4.78, 5) is 25.0. The number of nitrogens with one attached hydrogen (secondary N) is 2. The first-order chi connectivity index (χ1) is 8.06. The maximum absolute atomic E-state index is 11.6. The molecule has 2 N–H and O–H groups in total. The predicted molar refractivity (Wildman–Crippen MR) is 68.6 cm³/mol. The van der Waals surface area contributed by atoms with Crippen molar-refractivity contribution in [2.75, 3.05) is 33.2 Å². The van der Waals surface area contributed by atoms with Crippen molar-refractivity contribution in [1.82, 2.24) is 15.5 Å². The monoisotopic (exact) mass is 243 g/mol. The molecule has 5 nitrogen and oxygen atoms in total. The van der Waals surface area contributed by atoms with E-state index in [-0.39, 0.29) is 17.7 Å². The molecule has 0 heterocycles. The van der Waals surface area contributed by atoms with Gasteiger partial charge in [-0.1, -0.05) is 6.92 Å². The van der Waals surface area contributed by atoms with Gasteiger partial charge in [-0.2, -0.15) is 0 Å². The van der Waals surface area contributed by atoms with Crippen LogP contribution in [0.2, 0.25) is 0 Å². The minimum atomic E-state index is -0.0662. The summed E-state index contributed by atoms with van der Waals surface area (Å²) in [6, 6.07) is 0. The van der Waals surface area contributed by atoms with Gasteiger partial charge in [-0.15, -0.1) is 0 Å². The van der Waals surface area contributed by atoms with Crippen molar-refractivity contribution < 1.29 is 9.59 Å². The summed E-state index contributed by atoms with van der Waals surface area (Å²) in [6.07, 6.45) is 0.375. The van der Waals surface area contributed by atoms with Gasteiger partial charge in [0.1, 0.15) is 0 Å². The lowest BCUT2D eigenvalue weighted by Gasteiger charge is -2.19. The first kappa shape index (κ1) is 15.9. The Kier molecular flexibility index (Phi) is 8.40. The molecule has 1 atom stereocenters. The van der Waals surface area contributed by atoms with Crippen LogP contribution >= 0.6 is 0 Å². The quantitative estimate of drug-likeness (QED) is 0.641. The maximum Gasteiger partial charge on any atom is 0.224 e. The van der Waals surface area contributed by atoms with Gasteiger partial charge in [0.15, 0.2) is 0 Å². The van der Waals surface area contributed by atoms with Gasteiger partial charge in [0.05, 0.1) is 0 Å². The molecule has 17 heavy (non-hydrogen) atoms. The third-order valence-corrected chi connectivity index (χ3v) is 2.71. The van der Waals surface area contributed by atoms with Gasteiger partial charge in [-0.3, -0.25) is 9.59 Å². The van der Waals surface area contributed by atoms with Gasteiger partial charge < -0.3 is 15.5 Å². The molecule has 0 aliphatic rings. The van der Waals surface area contributed by atoms with Crippen molar-refractivity contribution in [1.29, 1.82) is 0 Å². The predicted octanol–water partition coefficient (Wildman–Crippen LogP) is 0.217. The van der Waals surface area contributed by atoms with Gasteiger partial charge in [0, 0.05) is 38.5 Å². The number of rotatable bonds is 8. The van der Waals surface area contributed by atoms with Crippen LogP contribution < -0.4 is 10.6 Å². The highest BCUT2D eigenvalue weighted by Crippen LogP contribution is 1.95. The van der Waals surface area contributed by atoms with E-state index in [0.29, 0.717) is 19.5 Å². The number of amides is 2. The average molecular weight is 243 g/mol. The molecular weight excluding hydrogens is 218 g/mol. The Bertz CT molecular complexity index is 240. The lowest BCUT2D eigenvalue weighted by molar-refractivity contribution is -0.131. The van der Waals surface area contributed by atoms with Gasteiger partial charge in [-0.25, -0.2) is 0 Å². The largest absolute Gasteiger partial charge is 0.355 e. The number of hydrogen-bond acceptors (Lipinski definition) is 3. The normalized spacial score (nSPS) is 12.0. The Morgan fingerprint density at radius 1 is 1.24 bits per heavy atom. The molecule has 100 valence electrons. The Morgan fingerprint density at radius 2 is 1.82 bits per heavy atom. The third kappa shape index (κ3) is 6.26. The summed E-state index contributed by atoms with van der Waals surface area (Å²) in [6.45, 7) is 8.28. The molecule has 0 aromatic heterocycles. The van der Waals surface area contributed by atoms with Crippen LogP contribution in [-0.2, 0) is 9.59 Å². The van der Waals surface area contributed by atoms with Crippen LogP contribution in [0, 0.1) is 5.92 Å². The Morgan fingerprint density at radius 3 is 2.29 bits per heavy atom. The van der Waals surface area contributed by atoms with E-state index in [0.717, 1.165) is 13.1 Å². The second-order valence-electron chi connectivity index (χ2n) is 4.07. The van der Waals surface area contributed by atoms with Gasteiger partial charge in [-0.05, 0) is 20.9 Å². The van der Waals surface area contributed by atoms with E-state index in [2.05, 4.69) is 10.6 Å². The zero-order valence-corrected chi connectivity index (χ0v) is 11.4. The molecule has 1 unspecified atom stereocenters. The molecule has 0 aliphatic heterocycles.